The quantitative estimate of drug-likeness (QED) is 0.907. The molecule has 2 heterocycles. The number of pyridine rings is 1. The van der Waals surface area contributed by atoms with Crippen LogP contribution in [-0.4, -0.2) is 23.7 Å². The van der Waals surface area contributed by atoms with Crippen LogP contribution in [0.4, 0.5) is 19.0 Å². The van der Waals surface area contributed by atoms with Gasteiger partial charge in [-0.2, -0.15) is 18.4 Å². The van der Waals surface area contributed by atoms with Crippen molar-refractivity contribution in [2.45, 2.75) is 31.5 Å². The largest absolute Gasteiger partial charge is 0.433 e. The first kappa shape index (κ1) is 14.6. The van der Waals surface area contributed by atoms with Gasteiger partial charge in [0.15, 0.2) is 0 Å². The Morgan fingerprint density at radius 1 is 1.35 bits per heavy atom. The standard InChI is InChI=1S/C13H14F3N3O/c1-12(4-6-20-7-5-12)19-11-9(8-17)2-3-10(18-11)13(14,15)16/h2-3H,4-7H2,1H3,(H,18,19). The summed E-state index contributed by atoms with van der Waals surface area (Å²) < 4.78 is 43.3. The van der Waals surface area contributed by atoms with E-state index in [-0.39, 0.29) is 11.4 Å². The van der Waals surface area contributed by atoms with Gasteiger partial charge in [0.2, 0.25) is 0 Å². The molecular weight excluding hydrogens is 271 g/mol. The van der Waals surface area contributed by atoms with Gasteiger partial charge in [0.1, 0.15) is 17.6 Å². The molecule has 0 saturated carbocycles. The lowest BCUT2D eigenvalue weighted by Gasteiger charge is -2.35. The molecule has 0 aliphatic carbocycles. The van der Waals surface area contributed by atoms with Gasteiger partial charge in [-0.15, -0.1) is 0 Å². The molecule has 2 rings (SSSR count). The van der Waals surface area contributed by atoms with Crippen molar-refractivity contribution in [3.8, 4) is 6.07 Å². The zero-order chi connectivity index (χ0) is 14.8. The summed E-state index contributed by atoms with van der Waals surface area (Å²) in [7, 11) is 0. The van der Waals surface area contributed by atoms with E-state index in [1.165, 1.54) is 0 Å². The second-order valence-corrected chi connectivity index (χ2v) is 5.00. The fourth-order valence-corrected chi connectivity index (χ4v) is 2.04. The Morgan fingerprint density at radius 3 is 2.55 bits per heavy atom. The van der Waals surface area contributed by atoms with Crippen LogP contribution in [0.5, 0.6) is 0 Å². The molecular formula is C13H14F3N3O. The van der Waals surface area contributed by atoms with Crippen molar-refractivity contribution in [2.75, 3.05) is 18.5 Å². The molecule has 1 N–H and O–H groups in total. The van der Waals surface area contributed by atoms with E-state index in [1.807, 2.05) is 13.0 Å². The van der Waals surface area contributed by atoms with Gasteiger partial charge in [0.05, 0.1) is 5.56 Å². The third-order valence-corrected chi connectivity index (χ3v) is 3.32. The van der Waals surface area contributed by atoms with Crippen LogP contribution >= 0.6 is 0 Å². The highest BCUT2D eigenvalue weighted by Crippen LogP contribution is 2.31. The number of nitrogens with zero attached hydrogens (tertiary/aromatic N) is 2. The molecule has 0 bridgehead atoms. The number of ether oxygens (including phenoxy) is 1. The highest BCUT2D eigenvalue weighted by atomic mass is 19.4. The van der Waals surface area contributed by atoms with Crippen LogP contribution < -0.4 is 5.32 Å². The van der Waals surface area contributed by atoms with Gasteiger partial charge < -0.3 is 10.1 Å². The van der Waals surface area contributed by atoms with Crippen molar-refractivity contribution in [2.24, 2.45) is 0 Å². The second kappa shape index (κ2) is 5.29. The summed E-state index contributed by atoms with van der Waals surface area (Å²) in [6.45, 7) is 2.95. The molecule has 7 heteroatoms. The SMILES string of the molecule is CC1(Nc2nc(C(F)(F)F)ccc2C#N)CCOCC1. The number of halogens is 3. The number of aromatic nitrogens is 1. The molecule has 1 aromatic heterocycles. The maximum Gasteiger partial charge on any atom is 0.433 e. The normalized spacial score (nSPS) is 18.4. The molecule has 20 heavy (non-hydrogen) atoms. The first-order valence-corrected chi connectivity index (χ1v) is 6.18. The molecule has 0 spiro atoms. The Hall–Kier alpha value is -1.81. The summed E-state index contributed by atoms with van der Waals surface area (Å²) in [5.41, 5.74) is -1.32. The molecule has 0 amide bonds. The number of hydrogen-bond donors (Lipinski definition) is 1. The number of alkyl halides is 3. The topological polar surface area (TPSA) is 57.9 Å². The monoisotopic (exact) mass is 285 g/mol. The number of anilines is 1. The smallest absolute Gasteiger partial charge is 0.381 e. The van der Waals surface area contributed by atoms with E-state index in [0.717, 1.165) is 12.1 Å². The lowest BCUT2D eigenvalue weighted by atomic mass is 9.92. The minimum atomic E-state index is -4.53. The Kier molecular flexibility index (Phi) is 3.86. The molecule has 0 atom stereocenters. The third kappa shape index (κ3) is 3.20. The summed E-state index contributed by atoms with van der Waals surface area (Å²) in [4.78, 5) is 3.55. The summed E-state index contributed by atoms with van der Waals surface area (Å²) >= 11 is 0. The maximum absolute atomic E-state index is 12.7. The number of nitrogens with one attached hydrogen (secondary N) is 1. The molecule has 1 aliphatic rings. The molecule has 1 aromatic rings. The van der Waals surface area contributed by atoms with Gasteiger partial charge in [-0.3, -0.25) is 0 Å². The lowest BCUT2D eigenvalue weighted by molar-refractivity contribution is -0.141. The molecule has 0 radical (unpaired) electrons. The minimum absolute atomic E-state index is 0.0216. The van der Waals surface area contributed by atoms with E-state index in [2.05, 4.69) is 10.3 Å². The fourth-order valence-electron chi connectivity index (χ4n) is 2.04. The zero-order valence-electron chi connectivity index (χ0n) is 10.9. The summed E-state index contributed by atoms with van der Waals surface area (Å²) in [5.74, 6) is -0.0216. The fraction of sp³-hybridized carbons (Fsp3) is 0.538. The van der Waals surface area contributed by atoms with Crippen molar-refractivity contribution in [3.63, 3.8) is 0 Å². The van der Waals surface area contributed by atoms with E-state index in [4.69, 9.17) is 10.00 Å². The number of rotatable bonds is 2. The van der Waals surface area contributed by atoms with E-state index in [0.29, 0.717) is 26.1 Å². The van der Waals surface area contributed by atoms with Gasteiger partial charge in [0, 0.05) is 18.8 Å². The van der Waals surface area contributed by atoms with Gasteiger partial charge in [-0.1, -0.05) is 0 Å². The molecule has 1 aliphatic heterocycles. The zero-order valence-corrected chi connectivity index (χ0v) is 10.9. The Balaban J connectivity index is 2.32. The first-order chi connectivity index (χ1) is 9.34. The molecule has 0 unspecified atom stereocenters. The van der Waals surface area contributed by atoms with Gasteiger partial charge in [-0.05, 0) is 31.9 Å². The molecule has 1 saturated heterocycles. The minimum Gasteiger partial charge on any atom is -0.381 e. The number of hydrogen-bond acceptors (Lipinski definition) is 4. The first-order valence-electron chi connectivity index (χ1n) is 6.18. The molecule has 1 fully saturated rings. The predicted molar refractivity (Wildman–Crippen MR) is 66.0 cm³/mol. The lowest BCUT2D eigenvalue weighted by Crippen LogP contribution is -2.41. The Labute approximate surface area is 114 Å². The van der Waals surface area contributed by atoms with Gasteiger partial charge in [0.25, 0.3) is 0 Å². The third-order valence-electron chi connectivity index (χ3n) is 3.32. The van der Waals surface area contributed by atoms with Crippen LogP contribution in [0.1, 0.15) is 31.0 Å². The van der Waals surface area contributed by atoms with E-state index in [1.54, 1.807) is 0 Å². The Bertz CT molecular complexity index is 531. The van der Waals surface area contributed by atoms with Crippen molar-refractivity contribution in [1.82, 2.24) is 4.98 Å². The maximum atomic E-state index is 12.7. The summed E-state index contributed by atoms with van der Waals surface area (Å²) in [5, 5.41) is 12.0. The highest BCUT2D eigenvalue weighted by molar-refractivity contribution is 5.54. The second-order valence-electron chi connectivity index (χ2n) is 5.00. The number of nitriles is 1. The van der Waals surface area contributed by atoms with E-state index >= 15 is 0 Å². The van der Waals surface area contributed by atoms with Gasteiger partial charge >= 0.3 is 6.18 Å². The van der Waals surface area contributed by atoms with Crippen molar-refractivity contribution >= 4 is 5.82 Å². The van der Waals surface area contributed by atoms with Crippen LogP contribution in [0.3, 0.4) is 0 Å². The van der Waals surface area contributed by atoms with Crippen molar-refractivity contribution < 1.29 is 17.9 Å². The van der Waals surface area contributed by atoms with Crippen molar-refractivity contribution in [3.05, 3.63) is 23.4 Å². The average molecular weight is 285 g/mol. The van der Waals surface area contributed by atoms with Crippen molar-refractivity contribution in [1.29, 1.82) is 5.26 Å². The van der Waals surface area contributed by atoms with Crippen LogP contribution in [0.25, 0.3) is 0 Å². The van der Waals surface area contributed by atoms with Crippen LogP contribution in [0, 0.1) is 11.3 Å². The summed E-state index contributed by atoms with van der Waals surface area (Å²) in [6, 6.07) is 3.81. The van der Waals surface area contributed by atoms with Crippen LogP contribution in [0.2, 0.25) is 0 Å². The van der Waals surface area contributed by atoms with E-state index < -0.39 is 17.4 Å². The molecule has 4 nitrogen and oxygen atoms in total. The van der Waals surface area contributed by atoms with Gasteiger partial charge in [-0.25, -0.2) is 4.98 Å². The molecule has 0 aromatic carbocycles. The Morgan fingerprint density at radius 2 is 2.00 bits per heavy atom. The molecule has 108 valence electrons. The summed E-state index contributed by atoms with van der Waals surface area (Å²) in [6.07, 6.45) is -3.23. The predicted octanol–water partition coefficient (Wildman–Crippen LogP) is 2.95. The van der Waals surface area contributed by atoms with E-state index in [9.17, 15) is 13.2 Å². The average Bonchev–Trinajstić information content (AvgIpc) is 2.38. The van der Waals surface area contributed by atoms with Crippen LogP contribution in [0.15, 0.2) is 12.1 Å². The van der Waals surface area contributed by atoms with Crippen LogP contribution in [-0.2, 0) is 10.9 Å². The highest BCUT2D eigenvalue weighted by Gasteiger charge is 2.34.